The van der Waals surface area contributed by atoms with E-state index in [-0.39, 0.29) is 36.2 Å². The molecule has 10 nitrogen and oxygen atoms in total. The van der Waals surface area contributed by atoms with E-state index in [0.29, 0.717) is 6.07 Å². The summed E-state index contributed by atoms with van der Waals surface area (Å²) in [6.45, 7) is 5.86. The number of pyridine rings is 2. The van der Waals surface area contributed by atoms with Crippen molar-refractivity contribution in [2.75, 3.05) is 0 Å². The largest absolute Gasteiger partial charge is 0.388 e. The van der Waals surface area contributed by atoms with Crippen LogP contribution in [0.5, 0.6) is 0 Å². The molecule has 3 rings (SSSR count). The summed E-state index contributed by atoms with van der Waals surface area (Å²) in [5.41, 5.74) is -2.74. The molecule has 5 N–H and O–H groups in total. The minimum Gasteiger partial charge on any atom is -0.388 e. The second-order valence-electron chi connectivity index (χ2n) is 9.01. The van der Waals surface area contributed by atoms with Gasteiger partial charge in [-0.1, -0.05) is 13.8 Å². The average molecular weight is 506 g/mol. The number of rotatable bonds is 8. The van der Waals surface area contributed by atoms with Crippen LogP contribution in [-0.2, 0) is 13.8 Å². The van der Waals surface area contributed by atoms with Gasteiger partial charge in [0.2, 0.25) is 0 Å². The molecule has 190 valence electrons. The van der Waals surface area contributed by atoms with Crippen molar-refractivity contribution in [2.24, 2.45) is 0 Å². The quantitative estimate of drug-likeness (QED) is 0.267. The fourth-order valence-electron chi connectivity index (χ4n) is 3.77. The van der Waals surface area contributed by atoms with Gasteiger partial charge in [0.25, 0.3) is 5.56 Å². The van der Waals surface area contributed by atoms with Crippen LogP contribution in [0.1, 0.15) is 58.6 Å². The Bertz CT molecular complexity index is 1130. The summed E-state index contributed by atoms with van der Waals surface area (Å²) in [4.78, 5) is 28.6. The van der Waals surface area contributed by atoms with E-state index >= 15 is 0 Å². The Balaban J connectivity index is 1.89. The third-order valence-corrected chi connectivity index (χ3v) is 8.66. The van der Waals surface area contributed by atoms with Gasteiger partial charge in [0.05, 0.1) is 22.8 Å². The van der Waals surface area contributed by atoms with Crippen LogP contribution in [0, 0.1) is 11.8 Å². The van der Waals surface area contributed by atoms with Gasteiger partial charge in [0.1, 0.15) is 30.0 Å². The number of aliphatic hydroxyl groups is 3. The summed E-state index contributed by atoms with van der Waals surface area (Å²) in [5.74, 6) is -2.35. The predicted octanol–water partition coefficient (Wildman–Crippen LogP) is 2.19. The van der Waals surface area contributed by atoms with Crippen molar-refractivity contribution in [1.29, 1.82) is 0 Å². The molecule has 3 aliphatic heterocycles. The first-order chi connectivity index (χ1) is 15.6. The second kappa shape index (κ2) is 9.34. The van der Waals surface area contributed by atoms with Crippen molar-refractivity contribution in [1.82, 2.24) is 9.97 Å². The molecule has 3 heterocycles. The molecule has 0 aromatic heterocycles. The maximum absolute atomic E-state index is 14.2. The molecule has 0 saturated carbocycles. The molecule has 0 spiro atoms. The van der Waals surface area contributed by atoms with Gasteiger partial charge in [-0.2, -0.15) is 9.37 Å². The first-order valence-corrected chi connectivity index (χ1v) is 12.4. The molecule has 34 heavy (non-hydrogen) atoms. The van der Waals surface area contributed by atoms with E-state index < -0.39 is 60.3 Å². The van der Waals surface area contributed by atoms with E-state index in [1.165, 1.54) is 20.8 Å². The maximum Gasteiger partial charge on any atom is 0.359 e. The lowest BCUT2D eigenvalue weighted by atomic mass is 9.92. The lowest BCUT2D eigenvalue weighted by Crippen LogP contribution is -2.40. The van der Waals surface area contributed by atoms with Crippen LogP contribution >= 0.6 is 7.60 Å². The van der Waals surface area contributed by atoms with Crippen LogP contribution in [0.2, 0.25) is 0 Å². The molecule has 1 fully saturated rings. The SMILES string of the molecule is CCC(C)(C[C@H]1O[C@@H](c2cc3c(F)cc(F)[nH]c-3nc2=O)[C@@H](O)C1O)OP(=O)(O)C(C)(O)CC. The first-order valence-electron chi connectivity index (χ1n) is 10.8. The molecule has 0 amide bonds. The van der Waals surface area contributed by atoms with E-state index in [2.05, 4.69) is 9.97 Å². The van der Waals surface area contributed by atoms with Gasteiger partial charge >= 0.3 is 7.60 Å². The molecule has 0 radical (unpaired) electrons. The van der Waals surface area contributed by atoms with Crippen LogP contribution in [0.15, 0.2) is 16.9 Å². The molecular weight excluding hydrogens is 477 g/mol. The summed E-state index contributed by atoms with van der Waals surface area (Å²) >= 11 is 0. The minimum absolute atomic E-state index is 0.0525. The Kier molecular flexibility index (Phi) is 7.37. The summed E-state index contributed by atoms with van der Waals surface area (Å²) in [7, 11) is -4.52. The number of halogens is 2. The van der Waals surface area contributed by atoms with Gasteiger partial charge in [-0.25, -0.2) is 4.39 Å². The van der Waals surface area contributed by atoms with Gasteiger partial charge in [-0.3, -0.25) is 9.36 Å². The lowest BCUT2D eigenvalue weighted by molar-refractivity contribution is -0.0532. The second-order valence-corrected chi connectivity index (χ2v) is 11.2. The van der Waals surface area contributed by atoms with Crippen molar-refractivity contribution in [3.05, 3.63) is 39.8 Å². The summed E-state index contributed by atoms with van der Waals surface area (Å²) in [5, 5.41) is 29.4. The Morgan fingerprint density at radius 2 is 1.85 bits per heavy atom. The zero-order valence-electron chi connectivity index (χ0n) is 19.2. The molecule has 4 unspecified atom stereocenters. The zero-order chi connectivity index (χ0) is 25.6. The third kappa shape index (κ3) is 4.94. The van der Waals surface area contributed by atoms with E-state index in [1.54, 1.807) is 6.92 Å². The number of nitrogens with zero attached hydrogens (tertiary/aromatic N) is 1. The monoisotopic (exact) mass is 506 g/mol. The highest BCUT2D eigenvalue weighted by atomic mass is 31.2. The molecule has 0 bridgehead atoms. The van der Waals surface area contributed by atoms with Gasteiger partial charge in [-0.05, 0) is 32.8 Å². The van der Waals surface area contributed by atoms with Crippen LogP contribution in [0.4, 0.5) is 8.78 Å². The zero-order valence-corrected chi connectivity index (χ0v) is 20.1. The number of ether oxygens (including phenoxy) is 1. The Morgan fingerprint density at radius 1 is 1.21 bits per heavy atom. The highest BCUT2D eigenvalue weighted by molar-refractivity contribution is 7.54. The number of aliphatic hydroxyl groups excluding tert-OH is 2. The summed E-state index contributed by atoms with van der Waals surface area (Å²) in [6.07, 6.45) is -5.71. The molecule has 3 aliphatic rings. The van der Waals surface area contributed by atoms with Crippen molar-refractivity contribution >= 4 is 7.60 Å². The highest BCUT2D eigenvalue weighted by Crippen LogP contribution is 2.59. The van der Waals surface area contributed by atoms with E-state index in [9.17, 15) is 38.4 Å². The Labute approximate surface area is 194 Å². The summed E-state index contributed by atoms with van der Waals surface area (Å²) < 4.78 is 51.5. The highest BCUT2D eigenvalue weighted by Gasteiger charge is 2.51. The van der Waals surface area contributed by atoms with Crippen LogP contribution in [-0.4, -0.2) is 59.4 Å². The fraction of sp³-hybridized carbons (Fsp3) is 0.619. The third-order valence-electron chi connectivity index (χ3n) is 6.44. The smallest absolute Gasteiger partial charge is 0.359 e. The molecular formula is C21H29F2N2O8P. The Morgan fingerprint density at radius 3 is 2.44 bits per heavy atom. The number of nitrogens with one attached hydrogen (secondary N) is 1. The first kappa shape index (κ1) is 26.8. The fourth-order valence-corrected chi connectivity index (χ4v) is 5.17. The topological polar surface area (TPSA) is 162 Å². The minimum atomic E-state index is -4.52. The van der Waals surface area contributed by atoms with Crippen LogP contribution in [0.3, 0.4) is 0 Å². The molecule has 0 aliphatic carbocycles. The molecule has 0 aromatic carbocycles. The van der Waals surface area contributed by atoms with E-state index in [4.69, 9.17) is 9.26 Å². The average Bonchev–Trinajstić information content (AvgIpc) is 3.00. The summed E-state index contributed by atoms with van der Waals surface area (Å²) in [6, 6.07) is 1.64. The standard InChI is InChI=1S/C21H29F2N2O8P/c1-5-20(3,33-34(30,31)21(4,29)6-2)9-13-15(26)16(27)17(32-13)11-7-10-12(22)8-14(23)24-18(10)25-19(11)28/h7-8,13,15-17,26-27,29H,5-6,9H2,1-4H3,(H,30,31)(H,24,25,28)/t13-,15?,16+,17+,20?,21?/m1/s1. The molecule has 7 atom stereocenters. The Hall–Kier alpha value is -1.79. The number of hydrogen-bond acceptors (Lipinski definition) is 8. The van der Waals surface area contributed by atoms with E-state index in [1.807, 2.05) is 0 Å². The normalized spacial score (nSPS) is 28.4. The number of aromatic amines is 1. The molecule has 0 aromatic rings. The van der Waals surface area contributed by atoms with E-state index in [0.717, 1.165) is 6.07 Å². The van der Waals surface area contributed by atoms with Crippen LogP contribution in [0.25, 0.3) is 11.4 Å². The van der Waals surface area contributed by atoms with Crippen LogP contribution < -0.4 is 5.56 Å². The van der Waals surface area contributed by atoms with Gasteiger partial charge in [0, 0.05) is 12.5 Å². The lowest BCUT2D eigenvalue weighted by Gasteiger charge is -2.37. The van der Waals surface area contributed by atoms with Crippen molar-refractivity contribution < 1.29 is 42.8 Å². The molecule has 1 saturated heterocycles. The van der Waals surface area contributed by atoms with Crippen molar-refractivity contribution in [3.63, 3.8) is 0 Å². The maximum atomic E-state index is 14.2. The molecule has 13 heteroatoms. The van der Waals surface area contributed by atoms with Crippen molar-refractivity contribution in [2.45, 2.75) is 82.3 Å². The van der Waals surface area contributed by atoms with Gasteiger partial charge in [0.15, 0.2) is 11.3 Å². The van der Waals surface area contributed by atoms with Gasteiger partial charge in [-0.15, -0.1) is 0 Å². The van der Waals surface area contributed by atoms with Crippen molar-refractivity contribution in [3.8, 4) is 11.4 Å². The number of H-pyrrole nitrogens is 1. The number of hydrogen-bond donors (Lipinski definition) is 5. The number of aromatic nitrogens is 2. The predicted molar refractivity (Wildman–Crippen MR) is 116 cm³/mol. The van der Waals surface area contributed by atoms with Gasteiger partial charge < -0.3 is 34.5 Å². The number of fused-ring (bicyclic) bond motifs is 1.